The number of hydrogen-bond acceptors (Lipinski definition) is 4. The van der Waals surface area contributed by atoms with Gasteiger partial charge in [-0.15, -0.1) is 0 Å². The molecular weight excluding hydrogens is 393 g/mol. The van der Waals surface area contributed by atoms with Crippen LogP contribution in [0.2, 0.25) is 0 Å². The number of fused-ring (bicyclic) bond motifs is 3. The van der Waals surface area contributed by atoms with Gasteiger partial charge < -0.3 is 9.47 Å². The van der Waals surface area contributed by atoms with Gasteiger partial charge in [-0.2, -0.15) is 0 Å². The minimum Gasteiger partial charge on any atom is -0.478 e. The van der Waals surface area contributed by atoms with Gasteiger partial charge in [0, 0.05) is 13.1 Å². The zero-order chi connectivity index (χ0) is 21.2. The topological polar surface area (TPSA) is 38.8 Å². The Morgan fingerprint density at radius 2 is 1.81 bits per heavy atom. The fourth-order valence-electron chi connectivity index (χ4n) is 3.78. The molecule has 0 saturated carbocycles. The second-order valence-electron chi connectivity index (χ2n) is 7.54. The van der Waals surface area contributed by atoms with Gasteiger partial charge in [0.2, 0.25) is 5.78 Å². The number of benzene rings is 3. The second-order valence-corrected chi connectivity index (χ2v) is 7.54. The Hall–Kier alpha value is -3.70. The largest absolute Gasteiger partial charge is 0.478 e. The first-order valence-corrected chi connectivity index (χ1v) is 10.1. The summed E-state index contributed by atoms with van der Waals surface area (Å²) in [5.74, 6) is 1.19. The summed E-state index contributed by atoms with van der Waals surface area (Å²) in [4.78, 5) is 14.9. The summed E-state index contributed by atoms with van der Waals surface area (Å²) in [5.41, 5.74) is 3.44. The predicted octanol–water partition coefficient (Wildman–Crippen LogP) is 5.35. The van der Waals surface area contributed by atoms with Crippen LogP contribution in [0.25, 0.3) is 6.08 Å². The van der Waals surface area contributed by atoms with Gasteiger partial charge in [-0.1, -0.05) is 54.6 Å². The average Bonchev–Trinajstić information content (AvgIpc) is 3.12. The third-order valence-electron chi connectivity index (χ3n) is 5.34. The van der Waals surface area contributed by atoms with Crippen LogP contribution in [0, 0.1) is 5.82 Å². The standard InChI is InChI=1S/C26H20FNO3/c27-20-11-9-19(10-12-20)15-28-16-22-23(30-17-28)14-13-21-25(29)24(31-26(21)22)8-4-7-18-5-2-1-3-6-18/h1-14H,15-17H2/b7-4+,24-8-. The maximum atomic E-state index is 13.2. The first kappa shape index (κ1) is 19.3. The molecule has 2 aliphatic heterocycles. The van der Waals surface area contributed by atoms with E-state index in [2.05, 4.69) is 4.90 Å². The number of rotatable bonds is 4. The normalized spacial score (nSPS) is 16.8. The van der Waals surface area contributed by atoms with E-state index in [9.17, 15) is 9.18 Å². The molecule has 0 spiro atoms. The SMILES string of the molecule is O=C1/C(=C/C=C/c2ccccc2)Oc2c1ccc1c2CN(Cc2ccc(F)cc2)CO1. The van der Waals surface area contributed by atoms with Crippen LogP contribution in [0.15, 0.2) is 84.6 Å². The van der Waals surface area contributed by atoms with Crippen molar-refractivity contribution in [2.24, 2.45) is 0 Å². The average molecular weight is 413 g/mol. The van der Waals surface area contributed by atoms with Crippen molar-refractivity contribution >= 4 is 11.9 Å². The number of ether oxygens (including phenoxy) is 2. The molecule has 0 aliphatic carbocycles. The van der Waals surface area contributed by atoms with Crippen LogP contribution in [0.3, 0.4) is 0 Å². The van der Waals surface area contributed by atoms with Gasteiger partial charge in [-0.25, -0.2) is 4.39 Å². The van der Waals surface area contributed by atoms with Gasteiger partial charge in [0.15, 0.2) is 5.76 Å². The Labute approximate surface area is 179 Å². The summed E-state index contributed by atoms with van der Waals surface area (Å²) in [6.45, 7) is 1.61. The van der Waals surface area contributed by atoms with Gasteiger partial charge >= 0.3 is 0 Å². The second kappa shape index (κ2) is 8.20. The van der Waals surface area contributed by atoms with E-state index in [4.69, 9.17) is 9.47 Å². The minimum atomic E-state index is -0.255. The molecule has 0 radical (unpaired) electrons. The highest BCUT2D eigenvalue weighted by Gasteiger charge is 2.33. The highest BCUT2D eigenvalue weighted by molar-refractivity contribution is 6.13. The van der Waals surface area contributed by atoms with Crippen LogP contribution in [0.5, 0.6) is 11.5 Å². The summed E-state index contributed by atoms with van der Waals surface area (Å²) in [6.07, 6.45) is 5.44. The summed E-state index contributed by atoms with van der Waals surface area (Å²) < 4.78 is 25.0. The summed E-state index contributed by atoms with van der Waals surface area (Å²) in [7, 11) is 0. The van der Waals surface area contributed by atoms with E-state index in [1.165, 1.54) is 12.1 Å². The molecule has 154 valence electrons. The molecule has 0 unspecified atom stereocenters. The zero-order valence-corrected chi connectivity index (χ0v) is 16.8. The van der Waals surface area contributed by atoms with Crippen molar-refractivity contribution in [2.75, 3.05) is 6.73 Å². The molecule has 4 nitrogen and oxygen atoms in total. The van der Waals surface area contributed by atoms with Crippen LogP contribution in [-0.2, 0) is 13.1 Å². The van der Waals surface area contributed by atoms with Crippen LogP contribution < -0.4 is 9.47 Å². The summed E-state index contributed by atoms with van der Waals surface area (Å²) >= 11 is 0. The van der Waals surface area contributed by atoms with Crippen LogP contribution >= 0.6 is 0 Å². The Morgan fingerprint density at radius 3 is 2.61 bits per heavy atom. The van der Waals surface area contributed by atoms with Crippen molar-refractivity contribution in [1.82, 2.24) is 4.90 Å². The van der Waals surface area contributed by atoms with Crippen molar-refractivity contribution in [3.8, 4) is 11.5 Å². The summed E-state index contributed by atoms with van der Waals surface area (Å²) in [6, 6.07) is 19.9. The zero-order valence-electron chi connectivity index (χ0n) is 16.8. The van der Waals surface area contributed by atoms with E-state index in [-0.39, 0.29) is 11.6 Å². The predicted molar refractivity (Wildman–Crippen MR) is 116 cm³/mol. The van der Waals surface area contributed by atoms with Gasteiger partial charge in [0.1, 0.15) is 24.0 Å². The number of carbonyl (C=O) groups excluding carboxylic acids is 1. The number of carbonyl (C=O) groups is 1. The van der Waals surface area contributed by atoms with Crippen LogP contribution in [0.4, 0.5) is 4.39 Å². The molecule has 2 aliphatic rings. The molecule has 31 heavy (non-hydrogen) atoms. The lowest BCUT2D eigenvalue weighted by Crippen LogP contribution is -2.31. The molecule has 0 bridgehead atoms. The Bertz CT molecular complexity index is 1180. The lowest BCUT2D eigenvalue weighted by molar-refractivity contribution is 0.0872. The fraction of sp³-hybridized carbons (Fsp3) is 0.115. The van der Waals surface area contributed by atoms with Gasteiger partial charge in [0.05, 0.1) is 11.1 Å². The third kappa shape index (κ3) is 4.00. The molecule has 2 heterocycles. The van der Waals surface area contributed by atoms with Gasteiger partial charge in [-0.05, 0) is 41.5 Å². The molecule has 3 aromatic rings. The summed E-state index contributed by atoms with van der Waals surface area (Å²) in [5, 5.41) is 0. The minimum absolute atomic E-state index is 0.133. The molecule has 0 saturated heterocycles. The molecule has 5 heteroatoms. The maximum Gasteiger partial charge on any atom is 0.231 e. The molecule has 0 fully saturated rings. The van der Waals surface area contributed by atoms with E-state index in [0.29, 0.717) is 36.9 Å². The third-order valence-corrected chi connectivity index (χ3v) is 5.34. The molecule has 3 aromatic carbocycles. The van der Waals surface area contributed by atoms with Crippen molar-refractivity contribution in [2.45, 2.75) is 13.1 Å². The molecule has 0 N–H and O–H groups in total. The molecule has 0 atom stereocenters. The van der Waals surface area contributed by atoms with Crippen molar-refractivity contribution in [3.63, 3.8) is 0 Å². The monoisotopic (exact) mass is 413 g/mol. The Kier molecular flexibility index (Phi) is 5.10. The van der Waals surface area contributed by atoms with E-state index in [1.807, 2.05) is 48.6 Å². The van der Waals surface area contributed by atoms with E-state index < -0.39 is 0 Å². The lowest BCUT2D eigenvalue weighted by atomic mass is 10.0. The van der Waals surface area contributed by atoms with Crippen molar-refractivity contribution in [3.05, 3.63) is 113 Å². The first-order chi connectivity index (χ1) is 15.2. The number of hydrogen-bond donors (Lipinski definition) is 0. The number of nitrogens with zero attached hydrogens (tertiary/aromatic N) is 1. The maximum absolute atomic E-state index is 13.2. The van der Waals surface area contributed by atoms with Gasteiger partial charge in [0.25, 0.3) is 0 Å². The molecule has 0 amide bonds. The number of halogens is 1. The Balaban J connectivity index is 1.36. The van der Waals surface area contributed by atoms with E-state index in [0.717, 1.165) is 22.4 Å². The molecule has 0 aromatic heterocycles. The van der Waals surface area contributed by atoms with Crippen molar-refractivity contribution < 1.29 is 18.7 Å². The Morgan fingerprint density at radius 1 is 1.00 bits per heavy atom. The number of Topliss-reactive ketones (excluding diaryl/α,β-unsaturated/α-hetero) is 1. The smallest absolute Gasteiger partial charge is 0.231 e. The molecular formula is C26H20FNO3. The quantitative estimate of drug-likeness (QED) is 0.541. The lowest BCUT2D eigenvalue weighted by Gasteiger charge is -2.29. The van der Waals surface area contributed by atoms with Crippen LogP contribution in [-0.4, -0.2) is 17.4 Å². The first-order valence-electron chi connectivity index (χ1n) is 10.1. The molecule has 5 rings (SSSR count). The van der Waals surface area contributed by atoms with Crippen molar-refractivity contribution in [1.29, 1.82) is 0 Å². The number of allylic oxidation sites excluding steroid dienone is 3. The van der Waals surface area contributed by atoms with Gasteiger partial charge in [-0.3, -0.25) is 9.69 Å². The fourth-order valence-corrected chi connectivity index (χ4v) is 3.78. The highest BCUT2D eigenvalue weighted by Crippen LogP contribution is 2.41. The van der Waals surface area contributed by atoms with E-state index in [1.54, 1.807) is 24.3 Å². The highest BCUT2D eigenvalue weighted by atomic mass is 19.1. The van der Waals surface area contributed by atoms with Crippen LogP contribution in [0.1, 0.15) is 27.0 Å². The van der Waals surface area contributed by atoms with E-state index >= 15 is 0 Å². The number of ketones is 1.